The number of unbranched alkanes of at least 4 members (excludes halogenated alkanes) is 2. The number of fused-ring (bicyclic) bond motifs is 5. The van der Waals surface area contributed by atoms with Crippen LogP contribution in [-0.4, -0.2) is 71.8 Å². The Morgan fingerprint density at radius 3 is 2.08 bits per heavy atom. The molecule has 0 aromatic rings. The number of hydrogen-bond acceptors (Lipinski definition) is 10. The van der Waals surface area contributed by atoms with Crippen LogP contribution in [0, 0.1) is 29.6 Å². The second kappa shape index (κ2) is 28.9. The van der Waals surface area contributed by atoms with Crippen molar-refractivity contribution in [3.05, 3.63) is 116 Å². The number of methoxy groups -OCH3 is 1. The maximum absolute atomic E-state index is 15.2. The molecular weight excluding hydrogens is 923 g/mol. The molecule has 404 valence electrons. The molecule has 11 heteroatoms. The van der Waals surface area contributed by atoms with E-state index in [0.717, 1.165) is 84.8 Å². The molecule has 8 bridgehead atoms. The van der Waals surface area contributed by atoms with Gasteiger partial charge in [0.1, 0.15) is 6.61 Å². The van der Waals surface area contributed by atoms with E-state index in [0.29, 0.717) is 88.4 Å². The summed E-state index contributed by atoms with van der Waals surface area (Å²) in [6.45, 7) is 29.3. The summed E-state index contributed by atoms with van der Waals surface area (Å²) in [7, 11) is 1.37. The van der Waals surface area contributed by atoms with Gasteiger partial charge in [0, 0.05) is 59.5 Å². The van der Waals surface area contributed by atoms with Crippen molar-refractivity contribution in [3.8, 4) is 0 Å². The van der Waals surface area contributed by atoms with Crippen LogP contribution in [0.25, 0.3) is 0 Å². The van der Waals surface area contributed by atoms with Gasteiger partial charge in [-0.3, -0.25) is 14.4 Å². The first-order valence-corrected chi connectivity index (χ1v) is 28.2. The number of esters is 2. The number of amides is 1. The lowest BCUT2D eigenvalue weighted by Gasteiger charge is -2.25. The van der Waals surface area contributed by atoms with Gasteiger partial charge in [0.15, 0.2) is 0 Å². The third-order valence-corrected chi connectivity index (χ3v) is 15.7. The van der Waals surface area contributed by atoms with E-state index < -0.39 is 5.97 Å². The summed E-state index contributed by atoms with van der Waals surface area (Å²) in [6, 6.07) is 0. The van der Waals surface area contributed by atoms with Crippen molar-refractivity contribution < 1.29 is 29.0 Å². The third kappa shape index (κ3) is 15.5. The lowest BCUT2D eigenvalue weighted by atomic mass is 9.84. The summed E-state index contributed by atoms with van der Waals surface area (Å²) in [5.41, 5.74) is 11.1. The van der Waals surface area contributed by atoms with Crippen molar-refractivity contribution >= 4 is 35.0 Å². The second-order valence-corrected chi connectivity index (χ2v) is 21.9. The van der Waals surface area contributed by atoms with Crippen LogP contribution in [0.5, 0.6) is 0 Å². The summed E-state index contributed by atoms with van der Waals surface area (Å²) < 4.78 is 11.3. The highest BCUT2D eigenvalue weighted by Crippen LogP contribution is 2.43. The summed E-state index contributed by atoms with van der Waals surface area (Å²) in [4.78, 5) is 60.0. The summed E-state index contributed by atoms with van der Waals surface area (Å²) in [6.07, 6.45) is 26.4. The minimum Gasteiger partial charge on any atom is -0.515 e. The molecule has 0 aliphatic carbocycles. The molecule has 5 aliphatic rings. The van der Waals surface area contributed by atoms with Gasteiger partial charge in [0.25, 0.3) is 5.91 Å². The number of aliphatic hydroxyl groups excluding tert-OH is 1. The molecule has 2 N–H and O–H groups in total. The molecule has 0 aromatic carbocycles. The van der Waals surface area contributed by atoms with E-state index in [9.17, 15) is 14.7 Å². The van der Waals surface area contributed by atoms with E-state index >= 15 is 4.79 Å². The van der Waals surface area contributed by atoms with Crippen LogP contribution >= 0.6 is 0 Å². The third-order valence-electron chi connectivity index (χ3n) is 15.7. The zero-order valence-electron chi connectivity index (χ0n) is 47.5. The largest absolute Gasteiger partial charge is 0.515 e. The first-order chi connectivity index (χ1) is 35.5. The molecule has 5 heterocycles. The van der Waals surface area contributed by atoms with E-state index in [2.05, 4.69) is 67.3 Å². The number of carbonyl (C=O) groups is 3. The lowest BCUT2D eigenvalue weighted by Crippen LogP contribution is -2.36. The van der Waals surface area contributed by atoms with Crippen LogP contribution in [0.3, 0.4) is 0 Å². The van der Waals surface area contributed by atoms with Crippen LogP contribution in [0.15, 0.2) is 131 Å². The number of carbonyl (C=O) groups excluding carboxylic acids is 3. The minimum absolute atomic E-state index is 0.141. The molecular formula is C63H91N5O6. The number of ether oxygens (including phenoxy) is 2. The standard InChI is InChI=1S/C63H91N5O6/c1-14-18-32-68(33-19-15-2)63(72)60-46(12)54-37-56-48(17-4)51(39-69)57(65-56)38-55-47(16-3)44(10)52(64-55)36-53-45(11)49(61(66-53)50(62(60)67-54)35-59(71)73-13)29-30-58(70)74-34-31-43(9)28-22-27-42(8)26-21-25-41(7)24-20-23-40(5)6/h16,31,36-42,45,49,66,69H,3,14-15,17-30,32-35H2,1-2,4-13H3/b43-31?,51-39-,53-36?,54-37?,55-38?,61-50?. The molecule has 1 saturated heterocycles. The van der Waals surface area contributed by atoms with Gasteiger partial charge in [0.05, 0.1) is 59.6 Å². The van der Waals surface area contributed by atoms with Crippen molar-refractivity contribution in [2.45, 2.75) is 185 Å². The maximum atomic E-state index is 15.2. The molecule has 4 atom stereocenters. The van der Waals surface area contributed by atoms with Crippen molar-refractivity contribution in [3.63, 3.8) is 0 Å². The molecule has 1 amide bonds. The predicted molar refractivity (Wildman–Crippen MR) is 305 cm³/mol. The lowest BCUT2D eigenvalue weighted by molar-refractivity contribution is -0.143. The van der Waals surface area contributed by atoms with Crippen LogP contribution in [-0.2, 0) is 23.9 Å². The molecule has 5 rings (SSSR count). The smallest absolute Gasteiger partial charge is 0.310 e. The number of rotatable bonds is 28. The molecule has 5 aliphatic heterocycles. The highest BCUT2D eigenvalue weighted by atomic mass is 16.5. The highest BCUT2D eigenvalue weighted by molar-refractivity contribution is 6.31. The Morgan fingerprint density at radius 2 is 1.47 bits per heavy atom. The van der Waals surface area contributed by atoms with E-state index in [-0.39, 0.29) is 43.2 Å². The molecule has 0 aromatic heterocycles. The monoisotopic (exact) mass is 1010 g/mol. The van der Waals surface area contributed by atoms with Crippen molar-refractivity contribution in [2.75, 3.05) is 26.8 Å². The molecule has 11 nitrogen and oxygen atoms in total. The Kier molecular flexibility index (Phi) is 23.2. The molecule has 74 heavy (non-hydrogen) atoms. The molecule has 0 saturated carbocycles. The number of allylic oxidation sites excluding steroid dienone is 11. The van der Waals surface area contributed by atoms with E-state index in [4.69, 9.17) is 24.5 Å². The van der Waals surface area contributed by atoms with Crippen molar-refractivity contribution in [1.29, 1.82) is 0 Å². The maximum Gasteiger partial charge on any atom is 0.310 e. The van der Waals surface area contributed by atoms with Crippen LogP contribution < -0.4 is 5.32 Å². The van der Waals surface area contributed by atoms with Gasteiger partial charge < -0.3 is 24.8 Å². The SMILES string of the molecule is C=CC1=C(C)C2=NC1=CC1=NC(=C(CC)/C1=C/O)C=C1N=C(C(CC(=O)OC)=C3NC(=C2)C(C)C3CCC(=O)OCC=C(C)CCCC(C)CCCC(C)CCCC(C)C)C(C(=O)N(CCCC)CCCC)=C1C. The normalized spacial score (nSPS) is 20.1. The van der Waals surface area contributed by atoms with Gasteiger partial charge in [-0.05, 0) is 118 Å². The number of aliphatic imine (C=N–C) groups is 3. The Labute approximate surface area is 445 Å². The second-order valence-electron chi connectivity index (χ2n) is 21.9. The number of aliphatic hydroxyl groups is 1. The van der Waals surface area contributed by atoms with Gasteiger partial charge >= 0.3 is 11.9 Å². The highest BCUT2D eigenvalue weighted by Gasteiger charge is 2.41. The number of nitrogens with one attached hydrogen (secondary N) is 1. The first kappa shape index (κ1) is 59.3. The van der Waals surface area contributed by atoms with Gasteiger partial charge in [-0.1, -0.05) is 131 Å². The predicted octanol–water partition coefficient (Wildman–Crippen LogP) is 14.8. The van der Waals surface area contributed by atoms with Gasteiger partial charge in [-0.25, -0.2) is 15.0 Å². The summed E-state index contributed by atoms with van der Waals surface area (Å²) >= 11 is 0. The van der Waals surface area contributed by atoms with Gasteiger partial charge in [-0.2, -0.15) is 0 Å². The van der Waals surface area contributed by atoms with Crippen LogP contribution in [0.2, 0.25) is 0 Å². The topological polar surface area (TPSA) is 142 Å². The van der Waals surface area contributed by atoms with E-state index in [1.807, 2.05) is 50.0 Å². The number of hydrogen-bond donors (Lipinski definition) is 2. The zero-order valence-corrected chi connectivity index (χ0v) is 47.5. The Balaban J connectivity index is 1.49. The Bertz CT molecular complexity index is 2470. The summed E-state index contributed by atoms with van der Waals surface area (Å²) in [5, 5.41) is 14.4. The Morgan fingerprint density at radius 1 is 0.811 bits per heavy atom. The van der Waals surface area contributed by atoms with Crippen LogP contribution in [0.4, 0.5) is 0 Å². The zero-order chi connectivity index (χ0) is 54.1. The average molecular weight is 1010 g/mol. The van der Waals surface area contributed by atoms with E-state index in [1.165, 1.54) is 57.6 Å². The molecule has 4 unspecified atom stereocenters. The fourth-order valence-electron chi connectivity index (χ4n) is 10.8. The Hall–Kier alpha value is -5.58. The van der Waals surface area contributed by atoms with Gasteiger partial charge in [0.2, 0.25) is 0 Å². The molecule has 0 radical (unpaired) electrons. The average Bonchev–Trinajstić information content (AvgIpc) is 4.07. The fourth-order valence-corrected chi connectivity index (χ4v) is 10.8. The van der Waals surface area contributed by atoms with Gasteiger partial charge in [-0.15, -0.1) is 0 Å². The quantitative estimate of drug-likeness (QED) is 0.0451. The summed E-state index contributed by atoms with van der Waals surface area (Å²) in [5.74, 6) is 0.897. The molecule has 1 fully saturated rings. The van der Waals surface area contributed by atoms with E-state index in [1.54, 1.807) is 6.08 Å². The fraction of sp³-hybridized carbons (Fsp3) is 0.587. The number of nitrogens with zero attached hydrogens (tertiary/aromatic N) is 4. The van der Waals surface area contributed by atoms with Crippen molar-refractivity contribution in [2.24, 2.45) is 44.6 Å². The first-order valence-electron chi connectivity index (χ1n) is 28.2. The molecule has 0 spiro atoms. The minimum atomic E-state index is -0.484. The van der Waals surface area contributed by atoms with Crippen LogP contribution in [0.1, 0.15) is 185 Å². The van der Waals surface area contributed by atoms with Crippen molar-refractivity contribution in [1.82, 2.24) is 10.2 Å².